The van der Waals surface area contributed by atoms with Crippen molar-refractivity contribution in [2.75, 3.05) is 0 Å². The maximum absolute atomic E-state index is 12.9. The van der Waals surface area contributed by atoms with E-state index in [9.17, 15) is 13.2 Å². The summed E-state index contributed by atoms with van der Waals surface area (Å²) in [6.45, 7) is 1.72. The molecule has 2 nitrogen and oxygen atoms in total. The smallest absolute Gasteiger partial charge is 0.192 e. The molecule has 21 heavy (non-hydrogen) atoms. The van der Waals surface area contributed by atoms with Crippen LogP contribution in [-0.2, 0) is 6.18 Å². The van der Waals surface area contributed by atoms with Gasteiger partial charge in [0.25, 0.3) is 0 Å². The zero-order chi connectivity index (χ0) is 15.6. The summed E-state index contributed by atoms with van der Waals surface area (Å²) in [6.07, 6.45) is -4.58. The molecule has 104 valence electrons. The molecule has 0 saturated heterocycles. The molecule has 0 aliphatic heterocycles. The lowest BCUT2D eigenvalue weighted by molar-refractivity contribution is -0.137. The Balaban J connectivity index is 2.59. The van der Waals surface area contributed by atoms with Crippen molar-refractivity contribution in [2.45, 2.75) is 13.1 Å². The van der Waals surface area contributed by atoms with Crippen LogP contribution in [0.5, 0.6) is 0 Å². The molecule has 0 saturated carbocycles. The highest BCUT2D eigenvalue weighted by molar-refractivity contribution is 5.68. The largest absolute Gasteiger partial charge is 0.417 e. The maximum Gasteiger partial charge on any atom is 0.417 e. The third-order valence-electron chi connectivity index (χ3n) is 3.13. The van der Waals surface area contributed by atoms with E-state index < -0.39 is 17.3 Å². The SMILES string of the molecule is Cc1cc(-c2ccc(C#N)c(C(F)(F)F)c2)ccc1C#N. The Morgan fingerprint density at radius 3 is 1.86 bits per heavy atom. The molecule has 0 unspecified atom stereocenters. The van der Waals surface area contributed by atoms with E-state index in [-0.39, 0.29) is 0 Å². The second kappa shape index (κ2) is 5.30. The summed E-state index contributed by atoms with van der Waals surface area (Å²) in [7, 11) is 0. The topological polar surface area (TPSA) is 47.6 Å². The number of rotatable bonds is 1. The number of alkyl halides is 3. The van der Waals surface area contributed by atoms with Gasteiger partial charge in [-0.3, -0.25) is 0 Å². The molecule has 0 atom stereocenters. The second-order valence-corrected chi connectivity index (χ2v) is 4.51. The third kappa shape index (κ3) is 2.88. The molecule has 0 radical (unpaired) electrons. The van der Waals surface area contributed by atoms with E-state index in [4.69, 9.17) is 10.5 Å². The van der Waals surface area contributed by atoms with E-state index in [1.807, 2.05) is 6.07 Å². The van der Waals surface area contributed by atoms with Crippen molar-refractivity contribution in [2.24, 2.45) is 0 Å². The molecule has 0 spiro atoms. The number of nitrogens with zero attached hydrogens (tertiary/aromatic N) is 2. The summed E-state index contributed by atoms with van der Waals surface area (Å²) in [5, 5.41) is 17.6. The monoisotopic (exact) mass is 286 g/mol. The Bertz CT molecular complexity index is 778. The fraction of sp³-hybridized carbons (Fsp3) is 0.125. The molecule has 2 rings (SSSR count). The first-order chi connectivity index (χ1) is 9.86. The van der Waals surface area contributed by atoms with Crippen molar-refractivity contribution in [3.63, 3.8) is 0 Å². The normalized spacial score (nSPS) is 10.8. The summed E-state index contributed by atoms with van der Waals surface area (Å²) in [5.41, 5.74) is 0.730. The van der Waals surface area contributed by atoms with Gasteiger partial charge in [0.2, 0.25) is 0 Å². The van der Waals surface area contributed by atoms with Gasteiger partial charge < -0.3 is 0 Å². The molecule has 0 aromatic heterocycles. The van der Waals surface area contributed by atoms with Crippen molar-refractivity contribution >= 4 is 0 Å². The van der Waals surface area contributed by atoms with Gasteiger partial charge in [-0.25, -0.2) is 0 Å². The van der Waals surface area contributed by atoms with Gasteiger partial charge in [-0.15, -0.1) is 0 Å². The Kier molecular flexibility index (Phi) is 3.69. The van der Waals surface area contributed by atoms with E-state index in [1.54, 1.807) is 31.2 Å². The molecule has 0 aliphatic carbocycles. The van der Waals surface area contributed by atoms with Crippen LogP contribution < -0.4 is 0 Å². The van der Waals surface area contributed by atoms with Crippen molar-refractivity contribution in [3.05, 3.63) is 58.7 Å². The highest BCUT2D eigenvalue weighted by Gasteiger charge is 2.33. The molecule has 2 aromatic carbocycles. The molecule has 0 heterocycles. The van der Waals surface area contributed by atoms with Crippen LogP contribution in [0.3, 0.4) is 0 Å². The van der Waals surface area contributed by atoms with Crippen LogP contribution in [0.25, 0.3) is 11.1 Å². The van der Waals surface area contributed by atoms with Crippen molar-refractivity contribution < 1.29 is 13.2 Å². The fourth-order valence-corrected chi connectivity index (χ4v) is 2.02. The number of hydrogen-bond donors (Lipinski definition) is 0. The molecule has 0 bridgehead atoms. The van der Waals surface area contributed by atoms with Gasteiger partial charge in [-0.1, -0.05) is 18.2 Å². The molecule has 0 amide bonds. The Morgan fingerprint density at radius 1 is 0.857 bits per heavy atom. The van der Waals surface area contributed by atoms with Crippen LogP contribution in [-0.4, -0.2) is 0 Å². The van der Waals surface area contributed by atoms with Gasteiger partial charge in [0.05, 0.1) is 28.8 Å². The van der Waals surface area contributed by atoms with Crippen LogP contribution in [0.2, 0.25) is 0 Å². The van der Waals surface area contributed by atoms with Crippen LogP contribution in [0.15, 0.2) is 36.4 Å². The number of halogens is 3. The minimum Gasteiger partial charge on any atom is -0.192 e. The Hall–Kier alpha value is -2.79. The number of hydrogen-bond acceptors (Lipinski definition) is 2. The molecular formula is C16H9F3N2. The van der Waals surface area contributed by atoms with E-state index >= 15 is 0 Å². The van der Waals surface area contributed by atoms with E-state index in [0.29, 0.717) is 22.3 Å². The first-order valence-corrected chi connectivity index (χ1v) is 5.99. The molecule has 0 aliphatic rings. The van der Waals surface area contributed by atoms with Crippen molar-refractivity contribution in [1.29, 1.82) is 10.5 Å². The number of aryl methyl sites for hydroxylation is 1. The highest BCUT2D eigenvalue weighted by Crippen LogP contribution is 2.35. The highest BCUT2D eigenvalue weighted by atomic mass is 19.4. The van der Waals surface area contributed by atoms with Crippen LogP contribution in [0.1, 0.15) is 22.3 Å². The molecule has 2 aromatic rings. The summed E-state index contributed by atoms with van der Waals surface area (Å²) in [6, 6.07) is 11.9. The van der Waals surface area contributed by atoms with E-state index in [1.165, 1.54) is 6.07 Å². The third-order valence-corrected chi connectivity index (χ3v) is 3.13. The lowest BCUT2D eigenvalue weighted by Gasteiger charge is -2.11. The molecule has 5 heteroatoms. The van der Waals surface area contributed by atoms with E-state index in [2.05, 4.69) is 0 Å². The molecule has 0 N–H and O–H groups in total. The maximum atomic E-state index is 12.9. The Morgan fingerprint density at radius 2 is 1.38 bits per heavy atom. The van der Waals surface area contributed by atoms with Crippen molar-refractivity contribution in [3.8, 4) is 23.3 Å². The van der Waals surface area contributed by atoms with E-state index in [0.717, 1.165) is 12.1 Å². The lowest BCUT2D eigenvalue weighted by atomic mass is 9.96. The van der Waals surface area contributed by atoms with Crippen LogP contribution >= 0.6 is 0 Å². The average Bonchev–Trinajstić information content (AvgIpc) is 2.45. The van der Waals surface area contributed by atoms with Gasteiger partial charge in [-0.05, 0) is 41.8 Å². The van der Waals surface area contributed by atoms with Gasteiger partial charge in [-0.2, -0.15) is 23.7 Å². The number of benzene rings is 2. The first-order valence-electron chi connectivity index (χ1n) is 5.99. The van der Waals surface area contributed by atoms with Gasteiger partial charge in [0, 0.05) is 0 Å². The quantitative estimate of drug-likeness (QED) is 0.778. The molecular weight excluding hydrogens is 277 g/mol. The zero-order valence-corrected chi connectivity index (χ0v) is 11.0. The summed E-state index contributed by atoms with van der Waals surface area (Å²) in [4.78, 5) is 0. The van der Waals surface area contributed by atoms with Crippen molar-refractivity contribution in [1.82, 2.24) is 0 Å². The standard InChI is InChI=1S/C16H9F3N2/c1-10-6-11(2-4-13(10)8-20)12-3-5-14(9-21)15(7-12)16(17,18)19/h2-7H,1H3. The zero-order valence-electron chi connectivity index (χ0n) is 11.0. The number of nitriles is 2. The minimum absolute atomic E-state index is 0.355. The van der Waals surface area contributed by atoms with Gasteiger partial charge in [0.15, 0.2) is 0 Å². The lowest BCUT2D eigenvalue weighted by Crippen LogP contribution is -2.08. The predicted molar refractivity (Wildman–Crippen MR) is 71.0 cm³/mol. The van der Waals surface area contributed by atoms with Gasteiger partial charge >= 0.3 is 6.18 Å². The fourth-order valence-electron chi connectivity index (χ4n) is 2.02. The first kappa shape index (κ1) is 14.6. The van der Waals surface area contributed by atoms with Gasteiger partial charge in [0.1, 0.15) is 0 Å². The Labute approximate surface area is 119 Å². The summed E-state index contributed by atoms with van der Waals surface area (Å²) < 4.78 is 38.8. The molecule has 0 fully saturated rings. The summed E-state index contributed by atoms with van der Waals surface area (Å²) >= 11 is 0. The summed E-state index contributed by atoms with van der Waals surface area (Å²) in [5.74, 6) is 0. The average molecular weight is 286 g/mol. The minimum atomic E-state index is -4.58. The van der Waals surface area contributed by atoms with Crippen LogP contribution in [0.4, 0.5) is 13.2 Å². The predicted octanol–water partition coefficient (Wildman–Crippen LogP) is 4.42. The second-order valence-electron chi connectivity index (χ2n) is 4.51. The van der Waals surface area contributed by atoms with Crippen LogP contribution in [0, 0.1) is 29.6 Å².